The molecule has 0 radical (unpaired) electrons. The van der Waals surface area contributed by atoms with E-state index in [1.54, 1.807) is 0 Å². The predicted molar refractivity (Wildman–Crippen MR) is 138 cm³/mol. The van der Waals surface area contributed by atoms with Crippen molar-refractivity contribution in [2.45, 2.75) is 25.4 Å². The van der Waals surface area contributed by atoms with Crippen molar-refractivity contribution in [3.63, 3.8) is 0 Å². The number of ether oxygens (including phenoxy) is 1. The molecular weight excluding hydrogens is 468 g/mol. The van der Waals surface area contributed by atoms with Crippen molar-refractivity contribution < 1.29 is 9.53 Å². The highest BCUT2D eigenvalue weighted by atomic mass is 35.5. The van der Waals surface area contributed by atoms with Gasteiger partial charge in [-0.15, -0.1) is 10.2 Å². The third kappa shape index (κ3) is 5.61. The summed E-state index contributed by atoms with van der Waals surface area (Å²) in [7, 11) is 0. The summed E-state index contributed by atoms with van der Waals surface area (Å²) in [6, 6.07) is 23.0. The van der Waals surface area contributed by atoms with E-state index in [1.807, 2.05) is 84.3 Å². The normalized spacial score (nSPS) is 10.8. The third-order valence-electron chi connectivity index (χ3n) is 5.13. The zero-order valence-corrected chi connectivity index (χ0v) is 20.6. The van der Waals surface area contributed by atoms with Crippen LogP contribution in [-0.2, 0) is 11.2 Å². The predicted octanol–water partition coefficient (Wildman–Crippen LogP) is 6.28. The summed E-state index contributed by atoms with van der Waals surface area (Å²) < 4.78 is 7.51. The summed E-state index contributed by atoms with van der Waals surface area (Å²) in [6.07, 6.45) is 0.846. The molecule has 6 nitrogen and oxygen atoms in total. The maximum Gasteiger partial charge on any atom is 0.234 e. The number of amides is 1. The lowest BCUT2D eigenvalue weighted by Gasteiger charge is -2.12. The molecule has 3 aromatic carbocycles. The summed E-state index contributed by atoms with van der Waals surface area (Å²) in [4.78, 5) is 12.7. The number of halogens is 1. The van der Waals surface area contributed by atoms with Gasteiger partial charge < -0.3 is 10.1 Å². The fourth-order valence-corrected chi connectivity index (χ4v) is 4.48. The first-order valence-corrected chi connectivity index (χ1v) is 12.4. The zero-order valence-electron chi connectivity index (χ0n) is 19.0. The number of anilines is 1. The Kier molecular flexibility index (Phi) is 7.87. The van der Waals surface area contributed by atoms with Crippen LogP contribution in [0, 0.1) is 0 Å². The van der Waals surface area contributed by atoms with E-state index in [1.165, 1.54) is 11.8 Å². The van der Waals surface area contributed by atoms with Crippen LogP contribution in [0.15, 0.2) is 78.0 Å². The Hall–Kier alpha value is -3.29. The molecular formula is C26H25ClN4O2S. The molecule has 4 aromatic rings. The third-order valence-corrected chi connectivity index (χ3v) is 6.29. The molecule has 1 heterocycles. The van der Waals surface area contributed by atoms with Crippen LogP contribution in [0.25, 0.3) is 17.1 Å². The molecule has 1 N–H and O–H groups in total. The average molecular weight is 493 g/mol. The van der Waals surface area contributed by atoms with E-state index in [9.17, 15) is 4.79 Å². The minimum Gasteiger partial charge on any atom is -0.494 e. The molecule has 0 spiro atoms. The van der Waals surface area contributed by atoms with Crippen molar-refractivity contribution in [1.29, 1.82) is 0 Å². The number of hydrogen-bond donors (Lipinski definition) is 1. The second-order valence-electron chi connectivity index (χ2n) is 7.43. The molecule has 0 unspecified atom stereocenters. The summed E-state index contributed by atoms with van der Waals surface area (Å²) in [5, 5.41) is 13.0. The summed E-state index contributed by atoms with van der Waals surface area (Å²) in [6.45, 7) is 4.61. The molecule has 4 rings (SSSR count). The Labute approximate surface area is 208 Å². The SMILES string of the molecule is CCOc1ccc(-n2c(SCC(=O)Nc3ccccc3CC)nnc2-c2cccc(Cl)c2)cc1. The van der Waals surface area contributed by atoms with E-state index < -0.39 is 0 Å². The van der Waals surface area contributed by atoms with Crippen LogP contribution < -0.4 is 10.1 Å². The number of aryl methyl sites for hydroxylation is 1. The molecule has 8 heteroatoms. The highest BCUT2D eigenvalue weighted by Crippen LogP contribution is 2.30. The van der Waals surface area contributed by atoms with Crippen molar-refractivity contribution >= 4 is 35.0 Å². The smallest absolute Gasteiger partial charge is 0.234 e. The van der Waals surface area contributed by atoms with Crippen LogP contribution in [0.2, 0.25) is 5.02 Å². The van der Waals surface area contributed by atoms with Gasteiger partial charge in [-0.05, 0) is 61.4 Å². The first kappa shape index (κ1) is 23.9. The summed E-state index contributed by atoms with van der Waals surface area (Å²) in [5.74, 6) is 1.53. The van der Waals surface area contributed by atoms with E-state index in [-0.39, 0.29) is 11.7 Å². The van der Waals surface area contributed by atoms with Gasteiger partial charge in [0.25, 0.3) is 0 Å². The van der Waals surface area contributed by atoms with E-state index in [4.69, 9.17) is 16.3 Å². The first-order valence-electron chi connectivity index (χ1n) is 11.0. The lowest BCUT2D eigenvalue weighted by atomic mass is 10.1. The first-order chi connectivity index (χ1) is 16.6. The maximum atomic E-state index is 12.7. The lowest BCUT2D eigenvalue weighted by molar-refractivity contribution is -0.113. The number of nitrogens with one attached hydrogen (secondary N) is 1. The average Bonchev–Trinajstić information content (AvgIpc) is 3.28. The van der Waals surface area contributed by atoms with E-state index in [0.717, 1.165) is 34.7 Å². The number of nitrogens with zero attached hydrogens (tertiary/aromatic N) is 3. The molecule has 174 valence electrons. The highest BCUT2D eigenvalue weighted by molar-refractivity contribution is 7.99. The largest absolute Gasteiger partial charge is 0.494 e. The van der Waals surface area contributed by atoms with Gasteiger partial charge in [0.2, 0.25) is 5.91 Å². The highest BCUT2D eigenvalue weighted by Gasteiger charge is 2.18. The molecule has 0 aliphatic heterocycles. The topological polar surface area (TPSA) is 69.0 Å². The molecule has 0 aliphatic rings. The Balaban J connectivity index is 1.61. The van der Waals surface area contributed by atoms with Crippen LogP contribution >= 0.6 is 23.4 Å². The molecule has 1 amide bonds. The number of para-hydroxylation sites is 1. The van der Waals surface area contributed by atoms with E-state index >= 15 is 0 Å². The van der Waals surface area contributed by atoms with Crippen molar-refractivity contribution in [3.05, 3.63) is 83.4 Å². The van der Waals surface area contributed by atoms with Crippen LogP contribution in [0.4, 0.5) is 5.69 Å². The Bertz CT molecular complexity index is 1270. The minimum absolute atomic E-state index is 0.101. The van der Waals surface area contributed by atoms with Crippen molar-refractivity contribution in [3.8, 4) is 22.8 Å². The summed E-state index contributed by atoms with van der Waals surface area (Å²) in [5.41, 5.74) is 3.63. The molecule has 0 saturated heterocycles. The van der Waals surface area contributed by atoms with E-state index in [2.05, 4.69) is 22.4 Å². The molecule has 0 fully saturated rings. The number of carbonyl (C=O) groups is 1. The second-order valence-corrected chi connectivity index (χ2v) is 8.81. The maximum absolute atomic E-state index is 12.7. The van der Waals surface area contributed by atoms with Crippen LogP contribution in [0.3, 0.4) is 0 Å². The van der Waals surface area contributed by atoms with Gasteiger partial charge in [0, 0.05) is 22.0 Å². The fraction of sp³-hybridized carbons (Fsp3) is 0.192. The number of thioether (sulfide) groups is 1. The standard InChI is InChI=1S/C26H25ClN4O2S/c1-3-18-8-5-6-11-23(18)28-24(32)17-34-26-30-29-25(19-9-7-10-20(27)16-19)31(26)21-12-14-22(15-13-21)33-4-2/h5-16H,3-4,17H2,1-2H3,(H,28,32). The summed E-state index contributed by atoms with van der Waals surface area (Å²) >= 11 is 7.56. The Morgan fingerprint density at radius 1 is 1.03 bits per heavy atom. The number of rotatable bonds is 9. The van der Waals surface area contributed by atoms with Gasteiger partial charge in [-0.1, -0.05) is 60.6 Å². The van der Waals surface area contributed by atoms with Crippen molar-refractivity contribution in [2.75, 3.05) is 17.7 Å². The monoisotopic (exact) mass is 492 g/mol. The number of carbonyl (C=O) groups excluding carboxylic acids is 1. The molecule has 0 atom stereocenters. The minimum atomic E-state index is -0.101. The van der Waals surface area contributed by atoms with Crippen LogP contribution in [-0.4, -0.2) is 33.0 Å². The second kappa shape index (κ2) is 11.2. The lowest BCUT2D eigenvalue weighted by Crippen LogP contribution is -2.15. The van der Waals surface area contributed by atoms with E-state index in [0.29, 0.717) is 22.6 Å². The zero-order chi connectivity index (χ0) is 23.9. The van der Waals surface area contributed by atoms with Gasteiger partial charge in [0.15, 0.2) is 11.0 Å². The van der Waals surface area contributed by atoms with Gasteiger partial charge in [0.05, 0.1) is 12.4 Å². The van der Waals surface area contributed by atoms with Crippen LogP contribution in [0.1, 0.15) is 19.4 Å². The Morgan fingerprint density at radius 3 is 2.56 bits per heavy atom. The van der Waals surface area contributed by atoms with Gasteiger partial charge in [-0.2, -0.15) is 0 Å². The van der Waals surface area contributed by atoms with Crippen molar-refractivity contribution in [2.24, 2.45) is 0 Å². The number of benzene rings is 3. The van der Waals surface area contributed by atoms with Gasteiger partial charge in [0.1, 0.15) is 5.75 Å². The molecule has 1 aromatic heterocycles. The fourth-order valence-electron chi connectivity index (χ4n) is 3.54. The number of hydrogen-bond acceptors (Lipinski definition) is 5. The molecule has 0 aliphatic carbocycles. The van der Waals surface area contributed by atoms with Gasteiger partial charge in [-0.25, -0.2) is 0 Å². The quantitative estimate of drug-likeness (QED) is 0.278. The molecule has 0 bridgehead atoms. The Morgan fingerprint density at radius 2 is 1.82 bits per heavy atom. The molecule has 34 heavy (non-hydrogen) atoms. The van der Waals surface area contributed by atoms with Gasteiger partial charge in [-0.3, -0.25) is 9.36 Å². The van der Waals surface area contributed by atoms with Crippen LogP contribution in [0.5, 0.6) is 5.75 Å². The van der Waals surface area contributed by atoms with Gasteiger partial charge >= 0.3 is 0 Å². The molecule has 0 saturated carbocycles. The van der Waals surface area contributed by atoms with Crippen molar-refractivity contribution in [1.82, 2.24) is 14.8 Å². The number of aromatic nitrogens is 3.